The van der Waals surface area contributed by atoms with Gasteiger partial charge in [-0.3, -0.25) is 0 Å². The van der Waals surface area contributed by atoms with E-state index < -0.39 is 0 Å². The van der Waals surface area contributed by atoms with Crippen LogP contribution in [0.4, 0.5) is 0 Å². The molecular weight excluding hydrogens is 236 g/mol. The lowest BCUT2D eigenvalue weighted by Gasteiger charge is -2.06. The van der Waals surface area contributed by atoms with E-state index in [-0.39, 0.29) is 0 Å². The molecule has 18 heavy (non-hydrogen) atoms. The van der Waals surface area contributed by atoms with E-state index in [0.717, 1.165) is 6.42 Å². The predicted octanol–water partition coefficient (Wildman–Crippen LogP) is 5.64. The molecule has 0 saturated heterocycles. The highest BCUT2D eigenvalue weighted by molar-refractivity contribution is 8.04. The van der Waals surface area contributed by atoms with E-state index in [2.05, 4.69) is 51.0 Å². The van der Waals surface area contributed by atoms with Crippen molar-refractivity contribution in [1.29, 1.82) is 0 Å². The second-order valence-corrected chi connectivity index (χ2v) is 5.74. The van der Waals surface area contributed by atoms with Crippen LogP contribution in [0.1, 0.15) is 55.7 Å². The molecule has 0 aliphatic heterocycles. The van der Waals surface area contributed by atoms with Crippen LogP contribution in [0, 0.1) is 31.9 Å². The van der Waals surface area contributed by atoms with E-state index in [4.69, 9.17) is 0 Å². The van der Waals surface area contributed by atoms with Gasteiger partial charge in [0, 0.05) is 11.3 Å². The maximum Gasteiger partial charge on any atom is 0.0261 e. The minimum Gasteiger partial charge on any atom is -0.0909 e. The molecular formula is C17H24S. The summed E-state index contributed by atoms with van der Waals surface area (Å²) in [6, 6.07) is 4.47. The third-order valence-electron chi connectivity index (χ3n) is 2.99. The first-order valence-electron chi connectivity index (χ1n) is 6.87. The van der Waals surface area contributed by atoms with Gasteiger partial charge in [0.15, 0.2) is 0 Å². The molecule has 0 aliphatic rings. The van der Waals surface area contributed by atoms with Gasteiger partial charge in [0.05, 0.1) is 0 Å². The van der Waals surface area contributed by atoms with E-state index in [0.29, 0.717) is 0 Å². The highest BCUT2D eigenvalue weighted by Crippen LogP contribution is 2.26. The van der Waals surface area contributed by atoms with Crippen molar-refractivity contribution < 1.29 is 0 Å². The summed E-state index contributed by atoms with van der Waals surface area (Å²) in [7, 11) is 0. The first kappa shape index (κ1) is 15.2. The zero-order valence-electron chi connectivity index (χ0n) is 12.1. The Labute approximate surface area is 117 Å². The van der Waals surface area contributed by atoms with E-state index in [1.54, 1.807) is 11.8 Å². The van der Waals surface area contributed by atoms with Crippen LogP contribution in [0.3, 0.4) is 0 Å². The van der Waals surface area contributed by atoms with E-state index in [1.807, 2.05) is 0 Å². The fourth-order valence-corrected chi connectivity index (χ4v) is 2.82. The summed E-state index contributed by atoms with van der Waals surface area (Å²) < 4.78 is 0. The van der Waals surface area contributed by atoms with Crippen molar-refractivity contribution in [2.45, 2.75) is 64.7 Å². The van der Waals surface area contributed by atoms with Gasteiger partial charge in [-0.25, -0.2) is 0 Å². The SMILES string of the molecule is CCCCCCC#CSc1c(C)cc(C)cc1C. The molecule has 0 atom stereocenters. The molecule has 0 fully saturated rings. The molecule has 0 amide bonds. The summed E-state index contributed by atoms with van der Waals surface area (Å²) in [5.41, 5.74) is 4.03. The topological polar surface area (TPSA) is 0 Å². The molecule has 1 aromatic carbocycles. The molecule has 0 spiro atoms. The summed E-state index contributed by atoms with van der Waals surface area (Å²) in [5.74, 6) is 3.27. The summed E-state index contributed by atoms with van der Waals surface area (Å²) in [6.07, 6.45) is 6.23. The van der Waals surface area contributed by atoms with Crippen molar-refractivity contribution in [1.82, 2.24) is 0 Å². The molecule has 1 heteroatoms. The van der Waals surface area contributed by atoms with E-state index in [9.17, 15) is 0 Å². The normalized spacial score (nSPS) is 10.0. The van der Waals surface area contributed by atoms with Crippen LogP contribution in [-0.4, -0.2) is 0 Å². The highest BCUT2D eigenvalue weighted by Gasteiger charge is 2.02. The summed E-state index contributed by atoms with van der Waals surface area (Å²) in [6.45, 7) is 8.73. The van der Waals surface area contributed by atoms with Crippen LogP contribution in [0.15, 0.2) is 17.0 Å². The minimum absolute atomic E-state index is 1.04. The number of hydrogen-bond acceptors (Lipinski definition) is 1. The summed E-state index contributed by atoms with van der Waals surface area (Å²) in [4.78, 5) is 1.33. The van der Waals surface area contributed by atoms with Gasteiger partial charge in [0.25, 0.3) is 0 Å². The number of unbranched alkanes of at least 4 members (excludes halogenated alkanes) is 4. The number of rotatable bonds is 5. The number of hydrogen-bond donors (Lipinski definition) is 0. The van der Waals surface area contributed by atoms with Crippen molar-refractivity contribution in [3.63, 3.8) is 0 Å². The van der Waals surface area contributed by atoms with E-state index >= 15 is 0 Å². The van der Waals surface area contributed by atoms with Gasteiger partial charge in [-0.15, -0.1) is 0 Å². The van der Waals surface area contributed by atoms with Crippen molar-refractivity contribution >= 4 is 11.8 Å². The van der Waals surface area contributed by atoms with Crippen LogP contribution >= 0.6 is 11.8 Å². The number of thioether (sulfide) groups is 1. The Kier molecular flexibility index (Phi) is 6.98. The zero-order chi connectivity index (χ0) is 13.4. The maximum atomic E-state index is 3.27. The maximum absolute atomic E-state index is 3.27. The molecule has 0 saturated carbocycles. The highest BCUT2D eigenvalue weighted by atomic mass is 32.2. The quantitative estimate of drug-likeness (QED) is 0.375. The average Bonchev–Trinajstić information content (AvgIpc) is 2.30. The lowest BCUT2D eigenvalue weighted by molar-refractivity contribution is 0.680. The Hall–Kier alpha value is -0.870. The van der Waals surface area contributed by atoms with Gasteiger partial charge in [-0.05, 0) is 55.3 Å². The molecule has 0 nitrogen and oxygen atoms in total. The molecule has 1 aromatic rings. The lowest BCUT2D eigenvalue weighted by Crippen LogP contribution is -1.86. The number of aryl methyl sites for hydroxylation is 3. The zero-order valence-corrected chi connectivity index (χ0v) is 12.9. The van der Waals surface area contributed by atoms with Crippen LogP contribution in [-0.2, 0) is 0 Å². The molecule has 0 heterocycles. The van der Waals surface area contributed by atoms with Gasteiger partial charge < -0.3 is 0 Å². The van der Waals surface area contributed by atoms with Gasteiger partial charge in [0.2, 0.25) is 0 Å². The van der Waals surface area contributed by atoms with Crippen LogP contribution in [0.5, 0.6) is 0 Å². The second-order valence-electron chi connectivity index (χ2n) is 4.92. The molecule has 0 radical (unpaired) electrons. The second kappa shape index (κ2) is 8.27. The molecule has 0 aromatic heterocycles. The fraction of sp³-hybridized carbons (Fsp3) is 0.529. The molecule has 0 aliphatic carbocycles. The van der Waals surface area contributed by atoms with E-state index in [1.165, 1.54) is 47.3 Å². The van der Waals surface area contributed by atoms with Gasteiger partial charge in [-0.2, -0.15) is 0 Å². The molecule has 1 rings (SSSR count). The van der Waals surface area contributed by atoms with Crippen molar-refractivity contribution in [3.8, 4) is 11.2 Å². The van der Waals surface area contributed by atoms with Crippen LogP contribution in [0.2, 0.25) is 0 Å². The van der Waals surface area contributed by atoms with Gasteiger partial charge >= 0.3 is 0 Å². The van der Waals surface area contributed by atoms with Crippen molar-refractivity contribution in [3.05, 3.63) is 28.8 Å². The first-order chi connectivity index (χ1) is 8.65. The lowest BCUT2D eigenvalue weighted by atomic mass is 10.1. The Bertz CT molecular complexity index is 412. The molecule has 0 unspecified atom stereocenters. The Morgan fingerprint density at radius 3 is 2.28 bits per heavy atom. The van der Waals surface area contributed by atoms with Crippen LogP contribution in [0.25, 0.3) is 0 Å². The standard InChI is InChI=1S/C17H24S/c1-5-6-7-8-9-10-11-18-17-15(3)12-14(2)13-16(17)4/h12-13H,5-9H2,1-4H3. The summed E-state index contributed by atoms with van der Waals surface area (Å²) in [5, 5.41) is 3.25. The number of benzene rings is 1. The van der Waals surface area contributed by atoms with Crippen molar-refractivity contribution in [2.75, 3.05) is 0 Å². The minimum atomic E-state index is 1.04. The van der Waals surface area contributed by atoms with Crippen molar-refractivity contribution in [2.24, 2.45) is 0 Å². The Morgan fingerprint density at radius 2 is 1.67 bits per heavy atom. The third-order valence-corrected chi connectivity index (χ3v) is 4.08. The molecule has 0 bridgehead atoms. The smallest absolute Gasteiger partial charge is 0.0261 e. The Balaban J connectivity index is 2.46. The molecule has 98 valence electrons. The van der Waals surface area contributed by atoms with Gasteiger partial charge in [-0.1, -0.05) is 49.8 Å². The van der Waals surface area contributed by atoms with Crippen LogP contribution < -0.4 is 0 Å². The third kappa shape index (κ3) is 5.19. The van der Waals surface area contributed by atoms with Gasteiger partial charge in [0.1, 0.15) is 0 Å². The predicted molar refractivity (Wildman–Crippen MR) is 83.0 cm³/mol. The average molecular weight is 260 g/mol. The fourth-order valence-electron chi connectivity index (χ4n) is 2.11. The largest absolute Gasteiger partial charge is 0.0909 e. The first-order valence-corrected chi connectivity index (χ1v) is 7.69. The monoisotopic (exact) mass is 260 g/mol. The summed E-state index contributed by atoms with van der Waals surface area (Å²) >= 11 is 1.69. The Morgan fingerprint density at radius 1 is 1.00 bits per heavy atom. The molecule has 0 N–H and O–H groups in total.